The number of hydrogen-bond acceptors (Lipinski definition) is 4. The van der Waals surface area contributed by atoms with Crippen LogP contribution in [0.15, 0.2) is 27.4 Å². The van der Waals surface area contributed by atoms with Gasteiger partial charge in [0.25, 0.3) is 0 Å². The average molecular weight is 248 g/mol. The summed E-state index contributed by atoms with van der Waals surface area (Å²) in [6, 6.07) is 5.00. The van der Waals surface area contributed by atoms with Crippen molar-refractivity contribution in [2.45, 2.75) is 19.4 Å². The van der Waals surface area contributed by atoms with Crippen molar-refractivity contribution >= 4 is 16.9 Å². The van der Waals surface area contributed by atoms with Crippen molar-refractivity contribution < 1.29 is 9.21 Å². The van der Waals surface area contributed by atoms with Gasteiger partial charge in [-0.05, 0) is 39.1 Å². The number of Topliss-reactive ketones (excluding diaryl/α,β-unsaturated/α-hetero) is 1. The van der Waals surface area contributed by atoms with Crippen LogP contribution in [0.2, 0.25) is 0 Å². The normalized spacial score (nSPS) is 12.0. The molecule has 0 atom stereocenters. The Kier molecular flexibility index (Phi) is 2.86. The lowest BCUT2D eigenvalue weighted by Crippen LogP contribution is -2.44. The summed E-state index contributed by atoms with van der Waals surface area (Å²) in [7, 11) is 3.36. The van der Waals surface area contributed by atoms with E-state index in [-0.39, 0.29) is 5.78 Å². The molecule has 2 rings (SSSR count). The van der Waals surface area contributed by atoms with E-state index in [0.29, 0.717) is 16.7 Å². The second-order valence-corrected chi connectivity index (χ2v) is 4.81. The lowest BCUT2D eigenvalue weighted by molar-refractivity contribution is 0.0889. The van der Waals surface area contributed by atoms with Crippen LogP contribution in [-0.2, 0) is 7.05 Å². The molecule has 1 N–H and O–H groups in total. The van der Waals surface area contributed by atoms with Gasteiger partial charge in [0.1, 0.15) is 0 Å². The summed E-state index contributed by atoms with van der Waals surface area (Å²) in [5.74, 6) is -0.456. The summed E-state index contributed by atoms with van der Waals surface area (Å²) in [6.07, 6.45) is 0. The first-order valence-corrected chi connectivity index (χ1v) is 5.70. The van der Waals surface area contributed by atoms with Gasteiger partial charge in [-0.3, -0.25) is 9.36 Å². The van der Waals surface area contributed by atoms with Gasteiger partial charge in [-0.2, -0.15) is 0 Å². The first-order chi connectivity index (χ1) is 8.36. The SMILES string of the molecule is CNC(C)(C)C(=O)c1ccc2oc(=O)n(C)c2c1. The lowest BCUT2D eigenvalue weighted by atomic mass is 9.93. The number of carbonyl (C=O) groups excluding carboxylic acids is 1. The second-order valence-electron chi connectivity index (χ2n) is 4.81. The third-order valence-electron chi connectivity index (χ3n) is 3.25. The van der Waals surface area contributed by atoms with E-state index in [4.69, 9.17) is 4.42 Å². The smallest absolute Gasteiger partial charge is 0.408 e. The highest BCUT2D eigenvalue weighted by Crippen LogP contribution is 2.18. The van der Waals surface area contributed by atoms with E-state index < -0.39 is 11.3 Å². The fourth-order valence-corrected chi connectivity index (χ4v) is 1.74. The maximum Gasteiger partial charge on any atom is 0.419 e. The maximum atomic E-state index is 12.3. The van der Waals surface area contributed by atoms with Gasteiger partial charge in [0.2, 0.25) is 0 Å². The molecule has 0 aliphatic rings. The Balaban J connectivity index is 2.57. The largest absolute Gasteiger partial charge is 0.419 e. The quantitative estimate of drug-likeness (QED) is 0.832. The Labute approximate surface area is 104 Å². The minimum absolute atomic E-state index is 0.0273. The molecule has 0 radical (unpaired) electrons. The molecule has 1 heterocycles. The fourth-order valence-electron chi connectivity index (χ4n) is 1.74. The fraction of sp³-hybridized carbons (Fsp3) is 0.385. The number of hydrogen-bond donors (Lipinski definition) is 1. The molecule has 0 unspecified atom stereocenters. The van der Waals surface area contributed by atoms with E-state index in [1.807, 2.05) is 13.8 Å². The van der Waals surface area contributed by atoms with E-state index in [9.17, 15) is 9.59 Å². The van der Waals surface area contributed by atoms with Crippen molar-refractivity contribution in [1.29, 1.82) is 0 Å². The average Bonchev–Trinajstić information content (AvgIpc) is 2.64. The van der Waals surface area contributed by atoms with Crippen LogP contribution < -0.4 is 11.1 Å². The molecule has 0 saturated carbocycles. The van der Waals surface area contributed by atoms with Crippen molar-refractivity contribution in [3.8, 4) is 0 Å². The Morgan fingerprint density at radius 1 is 1.39 bits per heavy atom. The molecule has 0 aliphatic heterocycles. The van der Waals surface area contributed by atoms with E-state index in [1.165, 1.54) is 4.57 Å². The Morgan fingerprint density at radius 3 is 2.67 bits per heavy atom. The number of fused-ring (bicyclic) bond motifs is 1. The predicted octanol–water partition coefficient (Wildman–Crippen LogP) is 1.31. The topological polar surface area (TPSA) is 64.2 Å². The number of nitrogens with one attached hydrogen (secondary N) is 1. The van der Waals surface area contributed by atoms with Crippen molar-refractivity contribution in [1.82, 2.24) is 9.88 Å². The van der Waals surface area contributed by atoms with E-state index in [0.717, 1.165) is 0 Å². The highest BCUT2D eigenvalue weighted by molar-refractivity contribution is 6.04. The molecule has 1 aromatic carbocycles. The highest BCUT2D eigenvalue weighted by Gasteiger charge is 2.26. The van der Waals surface area contributed by atoms with Crippen molar-refractivity contribution in [2.24, 2.45) is 7.05 Å². The number of carbonyl (C=O) groups is 1. The summed E-state index contributed by atoms with van der Waals surface area (Å²) >= 11 is 0. The molecule has 0 saturated heterocycles. The maximum absolute atomic E-state index is 12.3. The van der Waals surface area contributed by atoms with Crippen LogP contribution in [0.5, 0.6) is 0 Å². The van der Waals surface area contributed by atoms with Gasteiger partial charge in [-0.25, -0.2) is 4.79 Å². The molecule has 0 fully saturated rings. The van der Waals surface area contributed by atoms with E-state index in [1.54, 1.807) is 32.3 Å². The zero-order valence-corrected chi connectivity index (χ0v) is 10.9. The number of ketones is 1. The second kappa shape index (κ2) is 4.10. The first-order valence-electron chi connectivity index (χ1n) is 5.70. The van der Waals surface area contributed by atoms with Crippen LogP contribution in [-0.4, -0.2) is 22.9 Å². The Hall–Kier alpha value is -1.88. The zero-order chi connectivity index (χ0) is 13.5. The zero-order valence-electron chi connectivity index (χ0n) is 10.9. The van der Waals surface area contributed by atoms with E-state index in [2.05, 4.69) is 5.32 Å². The Morgan fingerprint density at radius 2 is 2.06 bits per heavy atom. The Bertz CT molecular complexity index is 664. The van der Waals surface area contributed by atoms with Gasteiger partial charge in [0.15, 0.2) is 11.4 Å². The van der Waals surface area contributed by atoms with Gasteiger partial charge in [0, 0.05) is 12.6 Å². The number of likely N-dealkylation sites (N-methyl/N-ethyl adjacent to an activating group) is 1. The van der Waals surface area contributed by atoms with Crippen molar-refractivity contribution in [3.05, 3.63) is 34.3 Å². The predicted molar refractivity (Wildman–Crippen MR) is 68.9 cm³/mol. The van der Waals surface area contributed by atoms with Crippen LogP contribution >= 0.6 is 0 Å². The molecule has 0 aliphatic carbocycles. The summed E-state index contributed by atoms with van der Waals surface area (Å²) in [6.45, 7) is 3.63. The number of nitrogens with zero attached hydrogens (tertiary/aromatic N) is 1. The van der Waals surface area contributed by atoms with Crippen molar-refractivity contribution in [3.63, 3.8) is 0 Å². The molecule has 0 bridgehead atoms. The third kappa shape index (κ3) is 1.86. The lowest BCUT2D eigenvalue weighted by Gasteiger charge is -2.22. The molecule has 1 aromatic heterocycles. The monoisotopic (exact) mass is 248 g/mol. The number of aromatic nitrogens is 1. The number of benzene rings is 1. The van der Waals surface area contributed by atoms with Crippen LogP contribution in [0.3, 0.4) is 0 Å². The molecular weight excluding hydrogens is 232 g/mol. The standard InChI is InChI=1S/C13H16N2O3/c1-13(2,14-3)11(16)8-5-6-10-9(7-8)15(4)12(17)18-10/h5-7,14H,1-4H3. The molecular formula is C13H16N2O3. The number of oxazole rings is 1. The van der Waals surface area contributed by atoms with Crippen LogP contribution in [0.1, 0.15) is 24.2 Å². The van der Waals surface area contributed by atoms with Gasteiger partial charge in [0.05, 0.1) is 11.1 Å². The van der Waals surface area contributed by atoms with Crippen LogP contribution in [0.25, 0.3) is 11.1 Å². The summed E-state index contributed by atoms with van der Waals surface area (Å²) < 4.78 is 6.41. The molecule has 2 aromatic rings. The molecule has 5 heteroatoms. The number of rotatable bonds is 3. The first kappa shape index (κ1) is 12.6. The summed E-state index contributed by atoms with van der Waals surface area (Å²) in [5, 5.41) is 2.97. The minimum Gasteiger partial charge on any atom is -0.408 e. The van der Waals surface area contributed by atoms with Crippen LogP contribution in [0, 0.1) is 0 Å². The van der Waals surface area contributed by atoms with Gasteiger partial charge < -0.3 is 9.73 Å². The van der Waals surface area contributed by atoms with Gasteiger partial charge >= 0.3 is 5.76 Å². The minimum atomic E-state index is -0.643. The molecule has 96 valence electrons. The third-order valence-corrected chi connectivity index (χ3v) is 3.25. The molecule has 18 heavy (non-hydrogen) atoms. The number of aryl methyl sites for hydroxylation is 1. The molecule has 5 nitrogen and oxygen atoms in total. The summed E-state index contributed by atoms with van der Waals surface area (Å²) in [4.78, 5) is 23.7. The summed E-state index contributed by atoms with van der Waals surface area (Å²) in [5.41, 5.74) is 1.02. The van der Waals surface area contributed by atoms with Crippen LogP contribution in [0.4, 0.5) is 0 Å². The van der Waals surface area contributed by atoms with E-state index >= 15 is 0 Å². The van der Waals surface area contributed by atoms with Gasteiger partial charge in [-0.15, -0.1) is 0 Å². The molecule has 0 amide bonds. The van der Waals surface area contributed by atoms with Crippen molar-refractivity contribution in [2.75, 3.05) is 7.05 Å². The molecule has 0 spiro atoms. The van der Waals surface area contributed by atoms with Gasteiger partial charge in [-0.1, -0.05) is 0 Å². The highest BCUT2D eigenvalue weighted by atomic mass is 16.4.